The molecule has 8 nitrogen and oxygen atoms in total. The van der Waals surface area contributed by atoms with Gasteiger partial charge in [-0.2, -0.15) is 0 Å². The van der Waals surface area contributed by atoms with Crippen molar-refractivity contribution in [1.29, 1.82) is 0 Å². The van der Waals surface area contributed by atoms with Crippen molar-refractivity contribution in [3.05, 3.63) is 46.5 Å². The zero-order valence-electron chi connectivity index (χ0n) is 20.7. The normalized spacial score (nSPS) is 18.1. The van der Waals surface area contributed by atoms with Gasteiger partial charge in [0.15, 0.2) is 28.8 Å². The minimum absolute atomic E-state index is 0.0284. The van der Waals surface area contributed by atoms with Crippen LogP contribution in [-0.2, 0) is 4.79 Å². The summed E-state index contributed by atoms with van der Waals surface area (Å²) in [5, 5.41) is 0. The Kier molecular flexibility index (Phi) is 8.07. The number of ketones is 1. The summed E-state index contributed by atoms with van der Waals surface area (Å²) in [5.74, 6) is 3.07. The van der Waals surface area contributed by atoms with Crippen LogP contribution in [-0.4, -0.2) is 68.6 Å². The van der Waals surface area contributed by atoms with Gasteiger partial charge in [-0.3, -0.25) is 4.79 Å². The molecule has 8 heteroatoms. The number of ether oxygens (including phenoxy) is 6. The Morgan fingerprint density at radius 1 is 0.618 bits per heavy atom. The molecule has 1 heterocycles. The van der Waals surface area contributed by atoms with Crippen molar-refractivity contribution in [2.24, 2.45) is 0 Å². The van der Waals surface area contributed by atoms with Crippen molar-refractivity contribution in [2.45, 2.75) is 0 Å². The van der Waals surface area contributed by atoms with Gasteiger partial charge in [0.25, 0.3) is 0 Å². The highest BCUT2D eigenvalue weighted by Crippen LogP contribution is 2.42. The summed E-state index contributed by atoms with van der Waals surface area (Å²) in [5.41, 5.74) is 2.81. The molecule has 2 aromatic carbocycles. The molecule has 2 aromatic rings. The summed E-state index contributed by atoms with van der Waals surface area (Å²) in [6.07, 6.45) is 3.71. The molecule has 1 unspecified atom stereocenters. The fourth-order valence-electron chi connectivity index (χ4n) is 4.16. The zero-order valence-corrected chi connectivity index (χ0v) is 20.7. The maximum atomic E-state index is 13.5. The third-order valence-corrected chi connectivity index (χ3v) is 5.70. The van der Waals surface area contributed by atoms with Gasteiger partial charge in [0.2, 0.25) is 11.5 Å². The number of benzene rings is 2. The Labute approximate surface area is 200 Å². The van der Waals surface area contributed by atoms with Crippen molar-refractivity contribution < 1.29 is 38.1 Å². The zero-order chi connectivity index (χ0) is 24.8. The highest BCUT2D eigenvalue weighted by atomic mass is 16.5. The van der Waals surface area contributed by atoms with Crippen LogP contribution < -0.4 is 33.3 Å². The minimum atomic E-state index is -0.0284. The van der Waals surface area contributed by atoms with E-state index in [1.807, 2.05) is 31.3 Å². The van der Waals surface area contributed by atoms with E-state index >= 15 is 0 Å². The Morgan fingerprint density at radius 3 is 1.32 bits per heavy atom. The van der Waals surface area contributed by atoms with Crippen molar-refractivity contribution in [3.8, 4) is 34.5 Å². The molecule has 0 amide bonds. The molecule has 1 aliphatic rings. The number of carbonyl (C=O) groups excluding carboxylic acids is 1. The summed E-state index contributed by atoms with van der Waals surface area (Å²) in [6, 6.07) is 7.29. The van der Waals surface area contributed by atoms with Crippen LogP contribution in [0.5, 0.6) is 34.5 Å². The molecule has 0 aromatic heterocycles. The predicted molar refractivity (Wildman–Crippen MR) is 130 cm³/mol. The number of carbonyl (C=O) groups is 1. The molecule has 0 spiro atoms. The fourth-order valence-corrected chi connectivity index (χ4v) is 4.16. The topological polar surface area (TPSA) is 76.9 Å². The number of hydrogen-bond donors (Lipinski definition) is 1. The van der Waals surface area contributed by atoms with Crippen LogP contribution in [0.2, 0.25) is 0 Å². The lowest BCUT2D eigenvalue weighted by Crippen LogP contribution is -3.10. The van der Waals surface area contributed by atoms with Gasteiger partial charge in [-0.1, -0.05) is 0 Å². The van der Waals surface area contributed by atoms with Crippen molar-refractivity contribution in [2.75, 3.05) is 62.8 Å². The fraction of sp³-hybridized carbons (Fsp3) is 0.346. The number of quaternary nitrogens is 1. The van der Waals surface area contributed by atoms with E-state index in [0.717, 1.165) is 11.1 Å². The average molecular weight is 471 g/mol. The van der Waals surface area contributed by atoms with Crippen LogP contribution >= 0.6 is 0 Å². The van der Waals surface area contributed by atoms with Gasteiger partial charge < -0.3 is 33.3 Å². The van der Waals surface area contributed by atoms with Gasteiger partial charge in [0, 0.05) is 11.1 Å². The lowest BCUT2D eigenvalue weighted by Gasteiger charge is -2.24. The number of likely N-dealkylation sites (N-methyl/N-ethyl adjacent to an activating group) is 1. The van der Waals surface area contributed by atoms with Crippen LogP contribution in [0.4, 0.5) is 0 Å². The van der Waals surface area contributed by atoms with Crippen molar-refractivity contribution in [3.63, 3.8) is 0 Å². The molecule has 182 valence electrons. The van der Waals surface area contributed by atoms with Gasteiger partial charge in [0.1, 0.15) is 13.1 Å². The predicted octanol–water partition coefficient (Wildman–Crippen LogP) is 2.30. The number of likely N-dealkylation sites (tertiary alicyclic amines) is 1. The number of nitrogens with one attached hydrogen (secondary N) is 1. The average Bonchev–Trinajstić information content (AvgIpc) is 2.85. The first-order chi connectivity index (χ1) is 16.4. The second-order valence-corrected chi connectivity index (χ2v) is 7.83. The lowest BCUT2D eigenvalue weighted by atomic mass is 9.94. The van der Waals surface area contributed by atoms with Gasteiger partial charge >= 0.3 is 0 Å². The van der Waals surface area contributed by atoms with Gasteiger partial charge in [-0.25, -0.2) is 0 Å². The van der Waals surface area contributed by atoms with E-state index in [-0.39, 0.29) is 5.78 Å². The van der Waals surface area contributed by atoms with Crippen LogP contribution in [0.25, 0.3) is 12.2 Å². The molecule has 1 saturated heterocycles. The van der Waals surface area contributed by atoms with E-state index < -0.39 is 0 Å². The summed E-state index contributed by atoms with van der Waals surface area (Å²) in [7, 11) is 11.4. The van der Waals surface area contributed by atoms with Gasteiger partial charge in [0.05, 0.1) is 60.9 Å². The Morgan fingerprint density at radius 2 is 1.00 bits per heavy atom. The largest absolute Gasteiger partial charge is 0.493 e. The molecule has 1 N–H and O–H groups in total. The first kappa shape index (κ1) is 25.0. The lowest BCUT2D eigenvalue weighted by molar-refractivity contribution is -0.870. The standard InChI is InChI=1S/C26H31NO7/c1-27-14-18(12-16-8-10-20(29-2)25(33-6)23(16)31-4)22(28)19(15-27)13-17-9-11-21(30-3)26(34-7)24(17)32-5/h8-13H,14-15H2,1-7H3/p+1/b18-12-,19-13+. The molecule has 1 atom stereocenters. The van der Waals surface area contributed by atoms with Crippen molar-refractivity contribution in [1.82, 2.24) is 0 Å². The molecule has 0 radical (unpaired) electrons. The van der Waals surface area contributed by atoms with Crippen LogP contribution in [0.15, 0.2) is 35.4 Å². The number of Topliss-reactive ketones (excluding diaryl/α,β-unsaturated/α-hetero) is 1. The molecule has 3 rings (SSSR count). The third kappa shape index (κ3) is 4.82. The Hall–Kier alpha value is -3.65. The summed E-state index contributed by atoms with van der Waals surface area (Å²) in [6.45, 7) is 1.16. The quantitative estimate of drug-likeness (QED) is 0.594. The molecule has 0 saturated carbocycles. The summed E-state index contributed by atoms with van der Waals surface area (Å²) in [4.78, 5) is 14.7. The highest BCUT2D eigenvalue weighted by Gasteiger charge is 2.29. The van der Waals surface area contributed by atoms with E-state index in [1.165, 1.54) is 4.90 Å². The molecular formula is C26H32NO7+. The number of methoxy groups -OCH3 is 6. The van der Waals surface area contributed by atoms with Crippen LogP contribution in [0.1, 0.15) is 11.1 Å². The number of rotatable bonds is 8. The molecule has 0 bridgehead atoms. The van der Waals surface area contributed by atoms with E-state index in [2.05, 4.69) is 0 Å². The molecule has 1 fully saturated rings. The molecule has 1 aliphatic heterocycles. The first-order valence-electron chi connectivity index (χ1n) is 10.8. The van der Waals surface area contributed by atoms with Crippen LogP contribution in [0, 0.1) is 0 Å². The summed E-state index contributed by atoms with van der Waals surface area (Å²) >= 11 is 0. The van der Waals surface area contributed by atoms with E-state index in [4.69, 9.17) is 28.4 Å². The molecule has 34 heavy (non-hydrogen) atoms. The van der Waals surface area contributed by atoms with Gasteiger partial charge in [-0.05, 0) is 36.4 Å². The minimum Gasteiger partial charge on any atom is -0.493 e. The Balaban J connectivity index is 2.07. The maximum absolute atomic E-state index is 13.5. The van der Waals surface area contributed by atoms with E-state index in [9.17, 15) is 4.79 Å². The van der Waals surface area contributed by atoms with E-state index in [1.54, 1.807) is 54.8 Å². The molecular weight excluding hydrogens is 438 g/mol. The first-order valence-corrected chi connectivity index (χ1v) is 10.8. The monoisotopic (exact) mass is 470 g/mol. The SMILES string of the molecule is COc1ccc(/C=C2/C[NH+](C)C/C(=C\c3ccc(OC)c(OC)c3OC)C2=O)c(OC)c1OC. The van der Waals surface area contributed by atoms with Crippen molar-refractivity contribution >= 4 is 17.9 Å². The molecule has 0 aliphatic carbocycles. The highest BCUT2D eigenvalue weighted by molar-refractivity contribution is 6.14. The Bertz CT molecular complexity index is 1040. The maximum Gasteiger partial charge on any atom is 0.203 e. The second-order valence-electron chi connectivity index (χ2n) is 7.83. The number of hydrogen-bond acceptors (Lipinski definition) is 7. The summed E-state index contributed by atoms with van der Waals surface area (Å²) < 4.78 is 32.9. The number of piperidine rings is 1. The van der Waals surface area contributed by atoms with Crippen LogP contribution in [0.3, 0.4) is 0 Å². The smallest absolute Gasteiger partial charge is 0.203 e. The van der Waals surface area contributed by atoms with Gasteiger partial charge in [-0.15, -0.1) is 0 Å². The second kappa shape index (κ2) is 11.0. The van der Waals surface area contributed by atoms with E-state index in [0.29, 0.717) is 58.7 Å². The third-order valence-electron chi connectivity index (χ3n) is 5.70.